The van der Waals surface area contributed by atoms with Gasteiger partial charge in [0, 0.05) is 30.2 Å². The molecule has 0 heterocycles. The zero-order valence-corrected chi connectivity index (χ0v) is 11.9. The van der Waals surface area contributed by atoms with Gasteiger partial charge in [-0.1, -0.05) is 41.9 Å². The molecule has 2 aromatic carbocycles. The van der Waals surface area contributed by atoms with Crippen molar-refractivity contribution in [3.63, 3.8) is 0 Å². The van der Waals surface area contributed by atoms with Gasteiger partial charge in [-0.3, -0.25) is 4.79 Å². The Morgan fingerprint density at radius 1 is 0.950 bits per heavy atom. The highest BCUT2D eigenvalue weighted by molar-refractivity contribution is 6.30. The average Bonchev–Trinajstić information content (AvgIpc) is 2.49. The van der Waals surface area contributed by atoms with Crippen molar-refractivity contribution < 1.29 is 4.79 Å². The van der Waals surface area contributed by atoms with Crippen molar-refractivity contribution in [1.29, 1.82) is 0 Å². The molecule has 3 nitrogen and oxygen atoms in total. The zero-order chi connectivity index (χ0) is 14.2. The fraction of sp³-hybridized carbons (Fsp3) is 0.188. The summed E-state index contributed by atoms with van der Waals surface area (Å²) in [6.07, 6.45) is 0. The van der Waals surface area contributed by atoms with Gasteiger partial charge in [0.05, 0.1) is 0 Å². The second kappa shape index (κ2) is 7.68. The number of halogens is 1. The Morgan fingerprint density at radius 3 is 2.35 bits per heavy atom. The summed E-state index contributed by atoms with van der Waals surface area (Å²) < 4.78 is 0. The number of carbonyl (C=O) groups excluding carboxylic acids is 1. The Labute approximate surface area is 124 Å². The molecule has 20 heavy (non-hydrogen) atoms. The van der Waals surface area contributed by atoms with Crippen LogP contribution >= 0.6 is 11.6 Å². The van der Waals surface area contributed by atoms with E-state index in [0.29, 0.717) is 12.1 Å². The highest BCUT2D eigenvalue weighted by atomic mass is 35.5. The lowest BCUT2D eigenvalue weighted by Gasteiger charge is -2.07. The van der Waals surface area contributed by atoms with Crippen LogP contribution in [0.15, 0.2) is 54.6 Å². The average molecular weight is 289 g/mol. The fourth-order valence-corrected chi connectivity index (χ4v) is 1.92. The van der Waals surface area contributed by atoms with Crippen LogP contribution in [-0.4, -0.2) is 19.0 Å². The van der Waals surface area contributed by atoms with Crippen LogP contribution < -0.4 is 10.6 Å². The van der Waals surface area contributed by atoms with E-state index >= 15 is 0 Å². The van der Waals surface area contributed by atoms with Gasteiger partial charge >= 0.3 is 0 Å². The van der Waals surface area contributed by atoms with Gasteiger partial charge in [-0.05, 0) is 29.8 Å². The van der Waals surface area contributed by atoms with Gasteiger partial charge in [-0.2, -0.15) is 0 Å². The van der Waals surface area contributed by atoms with Crippen molar-refractivity contribution in [2.75, 3.05) is 13.1 Å². The molecule has 2 rings (SSSR count). The summed E-state index contributed by atoms with van der Waals surface area (Å²) in [5.74, 6) is -0.0427. The van der Waals surface area contributed by atoms with Crippen LogP contribution in [0.4, 0.5) is 0 Å². The second-order valence-corrected chi connectivity index (χ2v) is 4.86. The van der Waals surface area contributed by atoms with Crippen LogP contribution in [-0.2, 0) is 6.54 Å². The molecule has 0 unspecified atom stereocenters. The van der Waals surface area contributed by atoms with Crippen LogP contribution in [0.3, 0.4) is 0 Å². The summed E-state index contributed by atoms with van der Waals surface area (Å²) in [5, 5.41) is 6.88. The highest BCUT2D eigenvalue weighted by Gasteiger charge is 2.02. The first-order valence-corrected chi connectivity index (χ1v) is 6.92. The Kier molecular flexibility index (Phi) is 5.59. The van der Waals surface area contributed by atoms with Crippen molar-refractivity contribution >= 4 is 17.5 Å². The van der Waals surface area contributed by atoms with E-state index in [2.05, 4.69) is 10.6 Å². The third kappa shape index (κ3) is 4.68. The molecule has 2 aromatic rings. The van der Waals surface area contributed by atoms with Crippen LogP contribution in [0.5, 0.6) is 0 Å². The van der Waals surface area contributed by atoms with E-state index in [9.17, 15) is 4.79 Å². The van der Waals surface area contributed by atoms with E-state index < -0.39 is 0 Å². The molecule has 4 heteroatoms. The van der Waals surface area contributed by atoms with Crippen molar-refractivity contribution in [3.05, 3.63) is 70.7 Å². The van der Waals surface area contributed by atoms with Gasteiger partial charge in [0.25, 0.3) is 5.91 Å². The third-order valence-electron chi connectivity index (χ3n) is 2.87. The first-order chi connectivity index (χ1) is 9.75. The summed E-state index contributed by atoms with van der Waals surface area (Å²) in [7, 11) is 0. The number of benzene rings is 2. The van der Waals surface area contributed by atoms with E-state index in [0.717, 1.165) is 18.1 Å². The monoisotopic (exact) mass is 288 g/mol. The van der Waals surface area contributed by atoms with Gasteiger partial charge < -0.3 is 10.6 Å². The lowest BCUT2D eigenvalue weighted by molar-refractivity contribution is 0.0954. The molecule has 0 bridgehead atoms. The van der Waals surface area contributed by atoms with Crippen LogP contribution in [0, 0.1) is 0 Å². The van der Waals surface area contributed by atoms with Crippen molar-refractivity contribution in [3.8, 4) is 0 Å². The molecule has 0 radical (unpaired) electrons. The third-order valence-corrected chi connectivity index (χ3v) is 3.12. The van der Waals surface area contributed by atoms with E-state index in [1.165, 1.54) is 5.56 Å². The SMILES string of the molecule is O=C(NCCNCc1ccc(Cl)cc1)c1ccccc1. The molecular formula is C16H17ClN2O. The molecule has 0 aliphatic heterocycles. The van der Waals surface area contributed by atoms with Gasteiger partial charge in [-0.15, -0.1) is 0 Å². The van der Waals surface area contributed by atoms with E-state index in [1.54, 1.807) is 12.1 Å². The van der Waals surface area contributed by atoms with E-state index in [-0.39, 0.29) is 5.91 Å². The molecule has 0 atom stereocenters. The second-order valence-electron chi connectivity index (χ2n) is 4.43. The number of hydrogen-bond acceptors (Lipinski definition) is 2. The predicted octanol–water partition coefficient (Wildman–Crippen LogP) is 2.86. The summed E-state index contributed by atoms with van der Waals surface area (Å²) in [6, 6.07) is 16.9. The normalized spacial score (nSPS) is 10.2. The van der Waals surface area contributed by atoms with E-state index in [1.807, 2.05) is 42.5 Å². The molecular weight excluding hydrogens is 272 g/mol. The van der Waals surface area contributed by atoms with Gasteiger partial charge in [0.15, 0.2) is 0 Å². The van der Waals surface area contributed by atoms with Gasteiger partial charge in [-0.25, -0.2) is 0 Å². The topological polar surface area (TPSA) is 41.1 Å². The number of carbonyl (C=O) groups is 1. The minimum absolute atomic E-state index is 0.0427. The van der Waals surface area contributed by atoms with Crippen LogP contribution in [0.25, 0.3) is 0 Å². The standard InChI is InChI=1S/C16H17ClN2O/c17-15-8-6-13(7-9-15)12-18-10-11-19-16(20)14-4-2-1-3-5-14/h1-9,18H,10-12H2,(H,19,20). The minimum Gasteiger partial charge on any atom is -0.351 e. The number of amides is 1. The predicted molar refractivity (Wildman–Crippen MR) is 81.9 cm³/mol. The molecule has 104 valence electrons. The summed E-state index contributed by atoms with van der Waals surface area (Å²) in [6.45, 7) is 2.08. The first kappa shape index (κ1) is 14.6. The van der Waals surface area contributed by atoms with E-state index in [4.69, 9.17) is 11.6 Å². The Balaban J connectivity index is 1.64. The Hall–Kier alpha value is -1.84. The zero-order valence-electron chi connectivity index (χ0n) is 11.1. The molecule has 2 N–H and O–H groups in total. The number of rotatable bonds is 6. The first-order valence-electron chi connectivity index (χ1n) is 6.54. The summed E-state index contributed by atoms with van der Waals surface area (Å²) in [5.41, 5.74) is 1.86. The maximum atomic E-state index is 11.8. The van der Waals surface area contributed by atoms with Crippen molar-refractivity contribution in [1.82, 2.24) is 10.6 Å². The van der Waals surface area contributed by atoms with Gasteiger partial charge in [0.2, 0.25) is 0 Å². The van der Waals surface area contributed by atoms with Crippen LogP contribution in [0.2, 0.25) is 5.02 Å². The molecule has 0 spiro atoms. The largest absolute Gasteiger partial charge is 0.351 e. The molecule has 1 amide bonds. The molecule has 0 fully saturated rings. The molecule has 0 aliphatic rings. The molecule has 0 aliphatic carbocycles. The lowest BCUT2D eigenvalue weighted by atomic mass is 10.2. The summed E-state index contributed by atoms with van der Waals surface area (Å²) >= 11 is 5.82. The lowest BCUT2D eigenvalue weighted by Crippen LogP contribution is -2.31. The van der Waals surface area contributed by atoms with Crippen molar-refractivity contribution in [2.45, 2.75) is 6.54 Å². The molecule has 0 aromatic heterocycles. The Morgan fingerprint density at radius 2 is 1.65 bits per heavy atom. The number of nitrogens with one attached hydrogen (secondary N) is 2. The van der Waals surface area contributed by atoms with Gasteiger partial charge in [0.1, 0.15) is 0 Å². The smallest absolute Gasteiger partial charge is 0.251 e. The molecule has 0 saturated carbocycles. The summed E-state index contributed by atoms with van der Waals surface area (Å²) in [4.78, 5) is 11.8. The molecule has 0 saturated heterocycles. The van der Waals surface area contributed by atoms with Crippen molar-refractivity contribution in [2.24, 2.45) is 0 Å². The minimum atomic E-state index is -0.0427. The maximum absolute atomic E-state index is 11.8. The highest BCUT2D eigenvalue weighted by Crippen LogP contribution is 2.08. The fourth-order valence-electron chi connectivity index (χ4n) is 1.79. The Bertz CT molecular complexity index is 540. The number of hydrogen-bond donors (Lipinski definition) is 2. The van der Waals surface area contributed by atoms with Crippen LogP contribution in [0.1, 0.15) is 15.9 Å². The maximum Gasteiger partial charge on any atom is 0.251 e. The quantitative estimate of drug-likeness (QED) is 0.803.